The van der Waals surface area contributed by atoms with Gasteiger partial charge in [0.05, 0.1) is 4.34 Å². The second-order valence-electron chi connectivity index (χ2n) is 3.90. The summed E-state index contributed by atoms with van der Waals surface area (Å²) in [7, 11) is 4.08. The van der Waals surface area contributed by atoms with E-state index in [4.69, 9.17) is 11.6 Å². The molecule has 0 radical (unpaired) electrons. The molecule has 1 rings (SSSR count). The van der Waals surface area contributed by atoms with Crippen LogP contribution in [0.4, 0.5) is 0 Å². The first kappa shape index (κ1) is 13.0. The van der Waals surface area contributed by atoms with Gasteiger partial charge in [-0.25, -0.2) is 0 Å². The topological polar surface area (TPSA) is 23.5 Å². The Labute approximate surface area is 100 Å². The number of rotatable bonds is 5. The lowest BCUT2D eigenvalue weighted by molar-refractivity contribution is 0.132. The Morgan fingerprint density at radius 1 is 1.47 bits per heavy atom. The molecule has 0 spiro atoms. The zero-order chi connectivity index (χ0) is 11.4. The van der Waals surface area contributed by atoms with E-state index in [1.54, 1.807) is 11.3 Å². The van der Waals surface area contributed by atoms with Crippen LogP contribution in [0.15, 0.2) is 12.1 Å². The van der Waals surface area contributed by atoms with E-state index in [0.29, 0.717) is 0 Å². The van der Waals surface area contributed by atoms with Gasteiger partial charge in [0.15, 0.2) is 0 Å². The fourth-order valence-electron chi connectivity index (χ4n) is 1.85. The summed E-state index contributed by atoms with van der Waals surface area (Å²) in [6.07, 6.45) is 0.967. The quantitative estimate of drug-likeness (QED) is 0.865. The first-order valence-corrected chi connectivity index (χ1v) is 6.32. The van der Waals surface area contributed by atoms with Crippen molar-refractivity contribution in [2.45, 2.75) is 19.4 Å². The number of thiophene rings is 1. The first-order chi connectivity index (χ1) is 7.10. The molecule has 0 aromatic carbocycles. The Balaban J connectivity index is 2.91. The summed E-state index contributed by atoms with van der Waals surface area (Å²) in [5.41, 5.74) is 0. The molecule has 2 unspecified atom stereocenters. The van der Waals surface area contributed by atoms with Gasteiger partial charge in [-0.15, -0.1) is 11.3 Å². The Hall–Kier alpha value is -0.0900. The number of nitrogens with zero attached hydrogens (tertiary/aromatic N) is 1. The molecule has 2 atom stereocenters. The average molecular weight is 248 g/mol. The molecule has 0 amide bonds. The Kier molecular flexibility index (Phi) is 5.06. The van der Waals surface area contributed by atoms with E-state index in [0.717, 1.165) is 10.8 Å². The van der Waals surface area contributed by atoms with Crippen LogP contribution in [-0.4, -0.2) is 30.7 Å². The highest BCUT2D eigenvalue weighted by Crippen LogP contribution is 2.35. The molecule has 4 heteroatoms. The van der Waals surface area contributed by atoms with Crippen molar-refractivity contribution in [2.75, 3.05) is 20.7 Å². The molecular formula is C11H18ClNOS. The summed E-state index contributed by atoms with van der Waals surface area (Å²) in [4.78, 5) is 3.37. The number of aliphatic hydroxyl groups is 1. The third-order valence-electron chi connectivity index (χ3n) is 2.65. The van der Waals surface area contributed by atoms with Crippen LogP contribution in [0.5, 0.6) is 0 Å². The van der Waals surface area contributed by atoms with Gasteiger partial charge in [-0.1, -0.05) is 18.5 Å². The van der Waals surface area contributed by atoms with Gasteiger partial charge in [-0.05, 0) is 32.6 Å². The van der Waals surface area contributed by atoms with Gasteiger partial charge in [-0.2, -0.15) is 0 Å². The van der Waals surface area contributed by atoms with Gasteiger partial charge in [-0.3, -0.25) is 0 Å². The number of hydrogen-bond donors (Lipinski definition) is 1. The summed E-state index contributed by atoms with van der Waals surface area (Å²) in [5, 5.41) is 9.36. The molecular weight excluding hydrogens is 230 g/mol. The highest BCUT2D eigenvalue weighted by molar-refractivity contribution is 7.16. The lowest BCUT2D eigenvalue weighted by Gasteiger charge is -2.29. The second kappa shape index (κ2) is 5.85. The van der Waals surface area contributed by atoms with E-state index in [9.17, 15) is 5.11 Å². The maximum atomic E-state index is 9.36. The van der Waals surface area contributed by atoms with E-state index in [1.165, 1.54) is 4.88 Å². The SMILES string of the molecule is CCC(CO)C(c1ccc(Cl)s1)N(C)C. The van der Waals surface area contributed by atoms with Gasteiger partial charge in [0.25, 0.3) is 0 Å². The molecule has 0 saturated carbocycles. The zero-order valence-electron chi connectivity index (χ0n) is 9.40. The third-order valence-corrected chi connectivity index (χ3v) is 3.95. The van der Waals surface area contributed by atoms with Crippen molar-refractivity contribution in [3.63, 3.8) is 0 Å². The van der Waals surface area contributed by atoms with E-state index in [1.807, 2.05) is 20.2 Å². The number of hydrogen-bond acceptors (Lipinski definition) is 3. The molecule has 15 heavy (non-hydrogen) atoms. The number of aliphatic hydroxyl groups excluding tert-OH is 1. The fourth-order valence-corrected chi connectivity index (χ4v) is 3.20. The highest BCUT2D eigenvalue weighted by atomic mass is 35.5. The highest BCUT2D eigenvalue weighted by Gasteiger charge is 2.24. The van der Waals surface area contributed by atoms with Crippen LogP contribution in [0.2, 0.25) is 4.34 Å². The van der Waals surface area contributed by atoms with Crippen LogP contribution in [0.3, 0.4) is 0 Å². The van der Waals surface area contributed by atoms with Gasteiger partial charge in [0, 0.05) is 23.4 Å². The zero-order valence-corrected chi connectivity index (χ0v) is 11.0. The molecule has 0 aliphatic carbocycles. The smallest absolute Gasteiger partial charge is 0.0931 e. The monoisotopic (exact) mass is 247 g/mol. The van der Waals surface area contributed by atoms with Crippen molar-refractivity contribution < 1.29 is 5.11 Å². The van der Waals surface area contributed by atoms with Crippen molar-refractivity contribution in [2.24, 2.45) is 5.92 Å². The Morgan fingerprint density at radius 2 is 2.13 bits per heavy atom. The minimum atomic E-state index is 0.217. The molecule has 0 bridgehead atoms. The fraction of sp³-hybridized carbons (Fsp3) is 0.636. The molecule has 1 aromatic heterocycles. The molecule has 0 aliphatic rings. The normalized spacial score (nSPS) is 15.6. The van der Waals surface area contributed by atoms with Crippen molar-refractivity contribution >= 4 is 22.9 Å². The summed E-state index contributed by atoms with van der Waals surface area (Å²) < 4.78 is 0.810. The summed E-state index contributed by atoms with van der Waals surface area (Å²) in [6.45, 7) is 2.32. The molecule has 1 heterocycles. The minimum absolute atomic E-state index is 0.217. The maximum absolute atomic E-state index is 9.36. The predicted molar refractivity (Wildman–Crippen MR) is 66.6 cm³/mol. The number of halogens is 1. The van der Waals surface area contributed by atoms with Crippen LogP contribution in [0.25, 0.3) is 0 Å². The summed E-state index contributed by atoms with van der Waals surface area (Å²) in [5.74, 6) is 0.273. The minimum Gasteiger partial charge on any atom is -0.396 e. The van der Waals surface area contributed by atoms with Crippen LogP contribution < -0.4 is 0 Å². The van der Waals surface area contributed by atoms with Crippen molar-refractivity contribution in [3.05, 3.63) is 21.3 Å². The largest absolute Gasteiger partial charge is 0.396 e. The Morgan fingerprint density at radius 3 is 2.47 bits per heavy atom. The van der Waals surface area contributed by atoms with Crippen LogP contribution in [-0.2, 0) is 0 Å². The van der Waals surface area contributed by atoms with E-state index in [-0.39, 0.29) is 18.6 Å². The van der Waals surface area contributed by atoms with Gasteiger partial charge < -0.3 is 10.0 Å². The van der Waals surface area contributed by atoms with Gasteiger partial charge >= 0.3 is 0 Å². The van der Waals surface area contributed by atoms with Crippen molar-refractivity contribution in [1.29, 1.82) is 0 Å². The third kappa shape index (κ3) is 3.18. The molecule has 0 saturated heterocycles. The van der Waals surface area contributed by atoms with E-state index in [2.05, 4.69) is 17.9 Å². The first-order valence-electron chi connectivity index (χ1n) is 5.12. The van der Waals surface area contributed by atoms with Crippen LogP contribution >= 0.6 is 22.9 Å². The molecule has 2 nitrogen and oxygen atoms in total. The van der Waals surface area contributed by atoms with Gasteiger partial charge in [0.2, 0.25) is 0 Å². The van der Waals surface area contributed by atoms with Crippen LogP contribution in [0.1, 0.15) is 24.3 Å². The van der Waals surface area contributed by atoms with E-state index >= 15 is 0 Å². The molecule has 0 aliphatic heterocycles. The summed E-state index contributed by atoms with van der Waals surface area (Å²) >= 11 is 7.53. The second-order valence-corrected chi connectivity index (χ2v) is 5.65. The van der Waals surface area contributed by atoms with Crippen LogP contribution in [0, 0.1) is 5.92 Å². The molecule has 0 fully saturated rings. The summed E-state index contributed by atoms with van der Waals surface area (Å²) in [6, 6.07) is 4.23. The van der Waals surface area contributed by atoms with Crippen molar-refractivity contribution in [3.8, 4) is 0 Å². The lowest BCUT2D eigenvalue weighted by Crippen LogP contribution is -2.28. The molecule has 1 aromatic rings. The standard InChI is InChI=1S/C11H18ClNOS/c1-4-8(7-14)11(13(2)3)9-5-6-10(12)15-9/h5-6,8,11,14H,4,7H2,1-3H3. The van der Waals surface area contributed by atoms with Crippen molar-refractivity contribution in [1.82, 2.24) is 4.90 Å². The molecule has 86 valence electrons. The predicted octanol–water partition coefficient (Wildman–Crippen LogP) is 3.02. The van der Waals surface area contributed by atoms with Gasteiger partial charge in [0.1, 0.15) is 0 Å². The Bertz CT molecular complexity index is 297. The maximum Gasteiger partial charge on any atom is 0.0931 e. The molecule has 1 N–H and O–H groups in total. The lowest BCUT2D eigenvalue weighted by atomic mass is 9.95. The average Bonchev–Trinajstić information content (AvgIpc) is 2.59. The van der Waals surface area contributed by atoms with E-state index < -0.39 is 0 Å².